The van der Waals surface area contributed by atoms with Crippen LogP contribution in [0.2, 0.25) is 0 Å². The molecule has 1 N–H and O–H groups in total. The second kappa shape index (κ2) is 5.59. The average molecular weight is 201 g/mol. The van der Waals surface area contributed by atoms with Gasteiger partial charge in [-0.2, -0.15) is 0 Å². The van der Waals surface area contributed by atoms with Crippen molar-refractivity contribution < 1.29 is 4.79 Å². The molecule has 0 bridgehead atoms. The van der Waals surface area contributed by atoms with Crippen molar-refractivity contribution in [1.82, 2.24) is 5.32 Å². The summed E-state index contributed by atoms with van der Waals surface area (Å²) in [6.07, 6.45) is 1.91. The summed E-state index contributed by atoms with van der Waals surface area (Å²) in [7, 11) is 5.59. The predicted molar refractivity (Wildman–Crippen MR) is 63.4 cm³/mol. The van der Waals surface area contributed by atoms with E-state index in [2.05, 4.69) is 5.32 Å². The van der Waals surface area contributed by atoms with Crippen LogP contribution in [-0.4, -0.2) is 19.8 Å². The minimum Gasteiger partial charge on any atom is -0.354 e. The van der Waals surface area contributed by atoms with E-state index in [1.807, 2.05) is 31.2 Å². The van der Waals surface area contributed by atoms with Crippen LogP contribution in [0, 0.1) is 0 Å². The van der Waals surface area contributed by atoms with E-state index >= 15 is 0 Å². The van der Waals surface area contributed by atoms with Gasteiger partial charge in [0.05, 0.1) is 0 Å². The summed E-state index contributed by atoms with van der Waals surface area (Å²) in [6.45, 7) is 3.55. The smallest absolute Gasteiger partial charge is 0.217 e. The number of carbonyl (C=O) groups is 1. The molecule has 0 saturated carbocycles. The van der Waals surface area contributed by atoms with E-state index in [1.165, 1.54) is 5.56 Å². The number of hydrogen-bond donors (Lipinski definition) is 1. The molecule has 2 nitrogen and oxygen atoms in total. The van der Waals surface area contributed by atoms with Crippen molar-refractivity contribution in [1.29, 1.82) is 0 Å². The molecule has 0 aromatic heterocycles. The lowest BCUT2D eigenvalue weighted by Crippen LogP contribution is -2.30. The summed E-state index contributed by atoms with van der Waals surface area (Å²) < 4.78 is 0. The van der Waals surface area contributed by atoms with E-state index in [1.54, 1.807) is 6.92 Å². The van der Waals surface area contributed by atoms with E-state index < -0.39 is 0 Å². The van der Waals surface area contributed by atoms with Gasteiger partial charge in [0.2, 0.25) is 5.91 Å². The fourth-order valence-corrected chi connectivity index (χ4v) is 1.49. The van der Waals surface area contributed by atoms with Crippen molar-refractivity contribution in [2.45, 2.75) is 32.7 Å². The highest BCUT2D eigenvalue weighted by Gasteiger charge is 2.03. The van der Waals surface area contributed by atoms with Gasteiger partial charge in [-0.05, 0) is 25.3 Å². The zero-order valence-corrected chi connectivity index (χ0v) is 9.29. The molecular weight excluding hydrogens is 185 g/mol. The third kappa shape index (κ3) is 4.68. The van der Waals surface area contributed by atoms with Crippen LogP contribution in [0.15, 0.2) is 24.3 Å². The minimum atomic E-state index is 0.0276. The molecule has 0 heterocycles. The van der Waals surface area contributed by atoms with Gasteiger partial charge in [-0.25, -0.2) is 0 Å². The molecule has 1 aromatic rings. The maximum Gasteiger partial charge on any atom is 0.217 e. The summed E-state index contributed by atoms with van der Waals surface area (Å²) in [5, 5.41) is 2.86. The fraction of sp³-hybridized carbons (Fsp3) is 0.417. The lowest BCUT2D eigenvalue weighted by atomic mass is 9.94. The van der Waals surface area contributed by atoms with E-state index in [0.29, 0.717) is 0 Å². The normalized spacial score (nSPS) is 12.1. The van der Waals surface area contributed by atoms with Crippen LogP contribution < -0.4 is 10.8 Å². The Bertz CT molecular complexity index is 321. The molecule has 15 heavy (non-hydrogen) atoms. The lowest BCUT2D eigenvalue weighted by molar-refractivity contribution is -0.119. The van der Waals surface area contributed by atoms with Crippen molar-refractivity contribution in [2.75, 3.05) is 0 Å². The van der Waals surface area contributed by atoms with Gasteiger partial charge in [0, 0.05) is 13.0 Å². The molecule has 0 fully saturated rings. The topological polar surface area (TPSA) is 29.1 Å². The van der Waals surface area contributed by atoms with Gasteiger partial charge in [-0.3, -0.25) is 4.79 Å². The Morgan fingerprint density at radius 1 is 1.40 bits per heavy atom. The Balaban J connectivity index is 2.36. The molecule has 0 saturated heterocycles. The van der Waals surface area contributed by atoms with E-state index in [9.17, 15) is 4.79 Å². The zero-order valence-electron chi connectivity index (χ0n) is 9.29. The molecule has 1 rings (SSSR count). The van der Waals surface area contributed by atoms with Crippen LogP contribution in [0.4, 0.5) is 0 Å². The van der Waals surface area contributed by atoms with E-state index in [-0.39, 0.29) is 11.9 Å². The Morgan fingerprint density at radius 3 is 2.53 bits per heavy atom. The first-order valence-corrected chi connectivity index (χ1v) is 5.19. The van der Waals surface area contributed by atoms with Gasteiger partial charge < -0.3 is 5.32 Å². The first-order chi connectivity index (χ1) is 7.08. The average Bonchev–Trinajstić information content (AvgIpc) is 2.16. The quantitative estimate of drug-likeness (QED) is 0.721. The van der Waals surface area contributed by atoms with Gasteiger partial charge in [0.15, 0.2) is 0 Å². The molecule has 0 aliphatic heterocycles. The van der Waals surface area contributed by atoms with Crippen molar-refractivity contribution in [3.8, 4) is 0 Å². The zero-order chi connectivity index (χ0) is 11.3. The van der Waals surface area contributed by atoms with Crippen molar-refractivity contribution >= 4 is 19.2 Å². The third-order valence-electron chi connectivity index (χ3n) is 2.30. The van der Waals surface area contributed by atoms with Crippen molar-refractivity contribution in [3.05, 3.63) is 29.8 Å². The van der Waals surface area contributed by atoms with Gasteiger partial charge in [-0.15, -0.1) is 0 Å². The summed E-state index contributed by atoms with van der Waals surface area (Å²) in [6, 6.07) is 8.07. The molecule has 0 spiro atoms. The number of benzene rings is 1. The van der Waals surface area contributed by atoms with Crippen LogP contribution in [0.1, 0.15) is 25.8 Å². The SMILES string of the molecule is [B]c1ccc(CCC(C)NC(C)=O)cc1. The molecule has 0 aliphatic carbocycles. The first kappa shape index (κ1) is 11.8. The standard InChI is InChI=1S/C12H16BNO/c1-9(14-10(2)15)3-4-11-5-7-12(13)8-6-11/h5-9H,3-4H2,1-2H3,(H,14,15). The Morgan fingerprint density at radius 2 is 2.00 bits per heavy atom. The molecule has 1 unspecified atom stereocenters. The van der Waals surface area contributed by atoms with Gasteiger partial charge >= 0.3 is 0 Å². The number of aryl methyl sites for hydroxylation is 1. The van der Waals surface area contributed by atoms with Crippen molar-refractivity contribution in [3.63, 3.8) is 0 Å². The molecule has 3 heteroatoms. The Kier molecular flexibility index (Phi) is 4.41. The second-order valence-electron chi connectivity index (χ2n) is 3.88. The largest absolute Gasteiger partial charge is 0.354 e. The highest BCUT2D eigenvalue weighted by atomic mass is 16.1. The molecular formula is C12H16BNO. The Hall–Kier alpha value is -1.25. The fourth-order valence-electron chi connectivity index (χ4n) is 1.49. The van der Waals surface area contributed by atoms with Gasteiger partial charge in [-0.1, -0.05) is 29.7 Å². The van der Waals surface area contributed by atoms with Crippen LogP contribution >= 0.6 is 0 Å². The summed E-state index contributed by atoms with van der Waals surface area (Å²) >= 11 is 0. The number of carbonyl (C=O) groups excluding carboxylic acids is 1. The summed E-state index contributed by atoms with van der Waals surface area (Å²) in [5.74, 6) is 0.0276. The predicted octanol–water partition coefficient (Wildman–Crippen LogP) is 0.938. The van der Waals surface area contributed by atoms with Crippen LogP contribution in [0.5, 0.6) is 0 Å². The molecule has 1 atom stereocenters. The highest BCUT2D eigenvalue weighted by Crippen LogP contribution is 2.03. The molecule has 2 radical (unpaired) electrons. The molecule has 78 valence electrons. The monoisotopic (exact) mass is 201 g/mol. The maximum atomic E-state index is 10.8. The highest BCUT2D eigenvalue weighted by molar-refractivity contribution is 6.32. The third-order valence-corrected chi connectivity index (χ3v) is 2.30. The van der Waals surface area contributed by atoms with Crippen LogP contribution in [0.3, 0.4) is 0 Å². The number of rotatable bonds is 4. The van der Waals surface area contributed by atoms with Crippen LogP contribution in [0.25, 0.3) is 0 Å². The summed E-state index contributed by atoms with van der Waals surface area (Å²) in [5.41, 5.74) is 2.04. The first-order valence-electron chi connectivity index (χ1n) is 5.19. The maximum absolute atomic E-state index is 10.8. The minimum absolute atomic E-state index is 0.0276. The number of nitrogens with one attached hydrogen (secondary N) is 1. The molecule has 1 amide bonds. The molecule has 0 aliphatic rings. The van der Waals surface area contributed by atoms with Gasteiger partial charge in [0.1, 0.15) is 7.85 Å². The lowest BCUT2D eigenvalue weighted by Gasteiger charge is -2.12. The molecule has 1 aromatic carbocycles. The number of amides is 1. The van der Waals surface area contributed by atoms with E-state index in [0.717, 1.165) is 18.3 Å². The van der Waals surface area contributed by atoms with E-state index in [4.69, 9.17) is 7.85 Å². The number of hydrogen-bond acceptors (Lipinski definition) is 1. The van der Waals surface area contributed by atoms with Crippen LogP contribution in [-0.2, 0) is 11.2 Å². The van der Waals surface area contributed by atoms with Crippen molar-refractivity contribution in [2.24, 2.45) is 0 Å². The summed E-state index contributed by atoms with van der Waals surface area (Å²) in [4.78, 5) is 10.8. The Labute approximate surface area is 92.5 Å². The second-order valence-corrected chi connectivity index (χ2v) is 3.88. The van der Waals surface area contributed by atoms with Gasteiger partial charge in [0.25, 0.3) is 0 Å².